The molecule has 0 unspecified atom stereocenters. The molecule has 2 rings (SSSR count). The van der Waals surface area contributed by atoms with E-state index >= 15 is 0 Å². The Morgan fingerprint density at radius 1 is 1.41 bits per heavy atom. The van der Waals surface area contributed by atoms with Gasteiger partial charge in [-0.1, -0.05) is 11.6 Å². The maximum atomic E-state index is 12.9. The van der Waals surface area contributed by atoms with Gasteiger partial charge >= 0.3 is 0 Å². The van der Waals surface area contributed by atoms with Crippen LogP contribution in [0.4, 0.5) is 4.39 Å². The van der Waals surface area contributed by atoms with E-state index in [0.29, 0.717) is 17.9 Å². The molecule has 0 aliphatic carbocycles. The topological polar surface area (TPSA) is 51.8 Å². The van der Waals surface area contributed by atoms with Crippen LogP contribution in [0.25, 0.3) is 11.4 Å². The van der Waals surface area contributed by atoms with E-state index < -0.39 is 0 Å². The third-order valence-corrected chi connectivity index (χ3v) is 2.75. The Hall–Kier alpha value is -1.52. The molecular weight excluding hydrogens is 241 g/mol. The minimum atomic E-state index is -0.384. The first-order valence-corrected chi connectivity index (χ1v) is 5.47. The molecule has 0 aliphatic heterocycles. The molecule has 0 fully saturated rings. The Bertz CT molecular complexity index is 557. The largest absolute Gasteiger partial charge is 0.325 e. The van der Waals surface area contributed by atoms with Crippen LogP contribution in [-0.2, 0) is 6.54 Å². The summed E-state index contributed by atoms with van der Waals surface area (Å²) < 4.78 is 12.9. The summed E-state index contributed by atoms with van der Waals surface area (Å²) in [4.78, 5) is 8.48. The Morgan fingerprint density at radius 3 is 2.82 bits per heavy atom. The second kappa shape index (κ2) is 4.77. The lowest BCUT2D eigenvalue weighted by atomic mass is 10.2. The van der Waals surface area contributed by atoms with Crippen LogP contribution in [0, 0.1) is 12.7 Å². The molecule has 0 saturated heterocycles. The minimum absolute atomic E-state index is 0.289. The van der Waals surface area contributed by atoms with Crippen LogP contribution < -0.4 is 5.73 Å². The molecular formula is C12H11ClFN3. The average molecular weight is 252 g/mol. The van der Waals surface area contributed by atoms with Crippen molar-refractivity contribution >= 4 is 11.6 Å². The van der Waals surface area contributed by atoms with E-state index in [9.17, 15) is 4.39 Å². The van der Waals surface area contributed by atoms with Crippen LogP contribution in [-0.4, -0.2) is 9.97 Å². The van der Waals surface area contributed by atoms with E-state index in [0.717, 1.165) is 11.3 Å². The molecule has 88 valence electrons. The van der Waals surface area contributed by atoms with Gasteiger partial charge in [-0.25, -0.2) is 14.4 Å². The normalized spacial score (nSPS) is 10.6. The Kier molecular flexibility index (Phi) is 3.36. The first kappa shape index (κ1) is 12.0. The van der Waals surface area contributed by atoms with Gasteiger partial charge in [0.05, 0.1) is 10.7 Å². The summed E-state index contributed by atoms with van der Waals surface area (Å²) in [6, 6.07) is 4.12. The highest BCUT2D eigenvalue weighted by Gasteiger charge is 2.09. The summed E-state index contributed by atoms with van der Waals surface area (Å²) in [7, 11) is 0. The van der Waals surface area contributed by atoms with Crippen molar-refractivity contribution in [3.8, 4) is 11.4 Å². The van der Waals surface area contributed by atoms with Gasteiger partial charge in [0.2, 0.25) is 0 Å². The number of hydrogen-bond acceptors (Lipinski definition) is 3. The second-order valence-corrected chi connectivity index (χ2v) is 4.06. The fourth-order valence-corrected chi connectivity index (χ4v) is 1.74. The van der Waals surface area contributed by atoms with Crippen molar-refractivity contribution in [2.24, 2.45) is 5.73 Å². The van der Waals surface area contributed by atoms with Gasteiger partial charge in [0.15, 0.2) is 5.82 Å². The smallest absolute Gasteiger partial charge is 0.160 e. The minimum Gasteiger partial charge on any atom is -0.325 e. The molecule has 0 saturated carbocycles. The summed E-state index contributed by atoms with van der Waals surface area (Å²) in [6.45, 7) is 2.22. The van der Waals surface area contributed by atoms with Gasteiger partial charge in [0, 0.05) is 18.3 Å². The van der Waals surface area contributed by atoms with E-state index in [1.54, 1.807) is 12.3 Å². The standard InChI is InChI=1S/C12H11ClFN3/c1-7-6-16-12(17-11(7)5-15)9-3-2-8(14)4-10(9)13/h2-4,6H,5,15H2,1H3. The fraction of sp³-hybridized carbons (Fsp3) is 0.167. The molecule has 17 heavy (non-hydrogen) atoms. The number of hydrogen-bond donors (Lipinski definition) is 1. The van der Waals surface area contributed by atoms with E-state index in [4.69, 9.17) is 17.3 Å². The molecule has 5 heteroatoms. The number of rotatable bonds is 2. The molecule has 0 atom stereocenters. The molecule has 0 radical (unpaired) electrons. The predicted octanol–water partition coefficient (Wildman–Crippen LogP) is 2.70. The molecule has 3 nitrogen and oxygen atoms in total. The first-order chi connectivity index (χ1) is 8.11. The van der Waals surface area contributed by atoms with E-state index in [2.05, 4.69) is 9.97 Å². The highest BCUT2D eigenvalue weighted by molar-refractivity contribution is 6.33. The van der Waals surface area contributed by atoms with E-state index in [-0.39, 0.29) is 10.8 Å². The van der Waals surface area contributed by atoms with E-state index in [1.165, 1.54) is 12.1 Å². The number of aromatic nitrogens is 2. The Labute approximate surface area is 103 Å². The molecule has 1 heterocycles. The lowest BCUT2D eigenvalue weighted by molar-refractivity contribution is 0.628. The lowest BCUT2D eigenvalue weighted by Crippen LogP contribution is -2.04. The van der Waals surface area contributed by atoms with Crippen LogP contribution >= 0.6 is 11.6 Å². The Morgan fingerprint density at radius 2 is 2.18 bits per heavy atom. The molecule has 2 N–H and O–H groups in total. The zero-order valence-corrected chi connectivity index (χ0v) is 10.0. The van der Waals surface area contributed by atoms with Gasteiger partial charge in [0.25, 0.3) is 0 Å². The molecule has 1 aromatic carbocycles. The van der Waals surface area contributed by atoms with Crippen molar-refractivity contribution in [3.05, 3.63) is 46.5 Å². The lowest BCUT2D eigenvalue weighted by Gasteiger charge is -2.06. The van der Waals surface area contributed by atoms with Gasteiger partial charge < -0.3 is 5.73 Å². The molecule has 1 aromatic heterocycles. The zero-order chi connectivity index (χ0) is 12.4. The van der Waals surface area contributed by atoms with Gasteiger partial charge in [-0.2, -0.15) is 0 Å². The van der Waals surface area contributed by atoms with Crippen LogP contribution in [0.3, 0.4) is 0 Å². The fourth-order valence-electron chi connectivity index (χ4n) is 1.48. The van der Waals surface area contributed by atoms with Crippen LogP contribution in [0.1, 0.15) is 11.3 Å². The SMILES string of the molecule is Cc1cnc(-c2ccc(F)cc2Cl)nc1CN. The summed E-state index contributed by atoms with van der Waals surface area (Å²) in [5, 5.41) is 0.289. The summed E-state index contributed by atoms with van der Waals surface area (Å²) in [6.07, 6.45) is 1.68. The number of halogens is 2. The second-order valence-electron chi connectivity index (χ2n) is 3.65. The quantitative estimate of drug-likeness (QED) is 0.893. The van der Waals surface area contributed by atoms with Crippen molar-refractivity contribution in [2.45, 2.75) is 13.5 Å². The maximum absolute atomic E-state index is 12.9. The van der Waals surface area contributed by atoms with Crippen molar-refractivity contribution in [1.82, 2.24) is 9.97 Å². The van der Waals surface area contributed by atoms with Crippen LogP contribution in [0.15, 0.2) is 24.4 Å². The number of nitrogens with two attached hydrogens (primary N) is 1. The third kappa shape index (κ3) is 2.43. The third-order valence-electron chi connectivity index (χ3n) is 2.44. The van der Waals surface area contributed by atoms with Crippen molar-refractivity contribution in [1.29, 1.82) is 0 Å². The zero-order valence-electron chi connectivity index (χ0n) is 9.24. The van der Waals surface area contributed by atoms with Crippen molar-refractivity contribution < 1.29 is 4.39 Å². The maximum Gasteiger partial charge on any atom is 0.160 e. The summed E-state index contributed by atoms with van der Waals surface area (Å²) >= 11 is 5.95. The monoisotopic (exact) mass is 251 g/mol. The van der Waals surface area contributed by atoms with Gasteiger partial charge in [0.1, 0.15) is 5.82 Å². The summed E-state index contributed by atoms with van der Waals surface area (Å²) in [5.41, 5.74) is 7.86. The van der Waals surface area contributed by atoms with Crippen LogP contribution in [0.2, 0.25) is 5.02 Å². The molecule has 0 amide bonds. The average Bonchev–Trinajstić information content (AvgIpc) is 2.30. The molecule has 0 bridgehead atoms. The van der Waals surface area contributed by atoms with Gasteiger partial charge in [-0.05, 0) is 30.7 Å². The highest BCUT2D eigenvalue weighted by Crippen LogP contribution is 2.26. The first-order valence-electron chi connectivity index (χ1n) is 5.10. The van der Waals surface area contributed by atoms with Crippen LogP contribution in [0.5, 0.6) is 0 Å². The number of aryl methyl sites for hydroxylation is 1. The van der Waals surface area contributed by atoms with Crippen molar-refractivity contribution in [2.75, 3.05) is 0 Å². The number of nitrogens with zero attached hydrogens (tertiary/aromatic N) is 2. The Balaban J connectivity index is 2.53. The predicted molar refractivity (Wildman–Crippen MR) is 65.1 cm³/mol. The number of benzene rings is 1. The molecule has 2 aromatic rings. The van der Waals surface area contributed by atoms with Crippen molar-refractivity contribution in [3.63, 3.8) is 0 Å². The highest BCUT2D eigenvalue weighted by atomic mass is 35.5. The van der Waals surface area contributed by atoms with Gasteiger partial charge in [-0.15, -0.1) is 0 Å². The summed E-state index contributed by atoms with van der Waals surface area (Å²) in [5.74, 6) is 0.0750. The van der Waals surface area contributed by atoms with E-state index in [1.807, 2.05) is 6.92 Å². The molecule has 0 aliphatic rings. The molecule has 0 spiro atoms. The van der Waals surface area contributed by atoms with Gasteiger partial charge in [-0.3, -0.25) is 0 Å².